The van der Waals surface area contributed by atoms with Crippen molar-refractivity contribution < 1.29 is 28.5 Å². The topological polar surface area (TPSA) is 100 Å². The molecule has 0 unspecified atom stereocenters. The number of carbonyl (C=O) groups is 2. The van der Waals surface area contributed by atoms with Crippen LogP contribution >= 0.6 is 0 Å². The lowest BCUT2D eigenvalue weighted by Gasteiger charge is -2.26. The van der Waals surface area contributed by atoms with Crippen LogP contribution in [0.25, 0.3) is 0 Å². The standard InChI is InChI=1S/C24H31N3O6/c1-15(2)31-18-9-17(22(28)30-6)10-19(11-18)32-21-13-25-20(12-26-21)27(14-16-7-8-16)23(29)33-24(3,4)5/h9-13,15-16H,7-8,14H2,1-6H3. The Kier molecular flexibility index (Phi) is 7.40. The summed E-state index contributed by atoms with van der Waals surface area (Å²) in [6.45, 7) is 9.76. The molecule has 1 saturated carbocycles. The molecule has 0 bridgehead atoms. The van der Waals surface area contributed by atoms with Crippen LogP contribution in [0.1, 0.15) is 57.8 Å². The lowest BCUT2D eigenvalue weighted by molar-refractivity contribution is 0.0573. The van der Waals surface area contributed by atoms with Crippen molar-refractivity contribution >= 4 is 17.9 Å². The third-order valence-corrected chi connectivity index (χ3v) is 4.54. The molecule has 178 valence electrons. The fourth-order valence-electron chi connectivity index (χ4n) is 2.97. The van der Waals surface area contributed by atoms with Gasteiger partial charge in [-0.2, -0.15) is 0 Å². The maximum absolute atomic E-state index is 12.7. The van der Waals surface area contributed by atoms with Crippen molar-refractivity contribution in [1.29, 1.82) is 0 Å². The number of methoxy groups -OCH3 is 1. The molecule has 1 aromatic heterocycles. The van der Waals surface area contributed by atoms with Crippen LogP contribution in [-0.2, 0) is 9.47 Å². The van der Waals surface area contributed by atoms with E-state index in [0.29, 0.717) is 29.8 Å². The number of nitrogens with zero attached hydrogens (tertiary/aromatic N) is 3. The van der Waals surface area contributed by atoms with Crippen LogP contribution in [0.3, 0.4) is 0 Å². The molecule has 1 heterocycles. The maximum Gasteiger partial charge on any atom is 0.416 e. The van der Waals surface area contributed by atoms with E-state index in [0.717, 1.165) is 12.8 Å². The highest BCUT2D eigenvalue weighted by molar-refractivity contribution is 5.90. The van der Waals surface area contributed by atoms with E-state index >= 15 is 0 Å². The molecule has 3 rings (SSSR count). The number of hydrogen-bond donors (Lipinski definition) is 0. The van der Waals surface area contributed by atoms with Crippen LogP contribution in [0.4, 0.5) is 10.6 Å². The first-order valence-electron chi connectivity index (χ1n) is 10.9. The second-order valence-electron chi connectivity index (χ2n) is 9.20. The quantitative estimate of drug-likeness (QED) is 0.511. The van der Waals surface area contributed by atoms with Gasteiger partial charge < -0.3 is 18.9 Å². The van der Waals surface area contributed by atoms with E-state index in [1.807, 2.05) is 34.6 Å². The van der Waals surface area contributed by atoms with Crippen molar-refractivity contribution in [2.24, 2.45) is 5.92 Å². The Bertz CT molecular complexity index is 981. The predicted octanol–water partition coefficient (Wildman–Crippen LogP) is 4.99. The lowest BCUT2D eigenvalue weighted by atomic mass is 10.2. The Labute approximate surface area is 194 Å². The highest BCUT2D eigenvalue weighted by atomic mass is 16.6. The van der Waals surface area contributed by atoms with Crippen LogP contribution in [0.2, 0.25) is 0 Å². The highest BCUT2D eigenvalue weighted by Crippen LogP contribution is 2.32. The molecule has 1 aliphatic rings. The second kappa shape index (κ2) is 10.1. The van der Waals surface area contributed by atoms with Crippen molar-refractivity contribution in [1.82, 2.24) is 9.97 Å². The lowest BCUT2D eigenvalue weighted by Crippen LogP contribution is -2.38. The summed E-state index contributed by atoms with van der Waals surface area (Å²) in [5.41, 5.74) is -0.328. The van der Waals surface area contributed by atoms with Gasteiger partial charge in [0.1, 0.15) is 17.1 Å². The van der Waals surface area contributed by atoms with Crippen molar-refractivity contribution in [2.45, 2.75) is 59.2 Å². The number of amides is 1. The molecule has 0 atom stereocenters. The molecule has 33 heavy (non-hydrogen) atoms. The number of aromatic nitrogens is 2. The largest absolute Gasteiger partial charge is 0.491 e. The molecule has 1 aromatic carbocycles. The van der Waals surface area contributed by atoms with Gasteiger partial charge in [-0.15, -0.1) is 0 Å². The minimum absolute atomic E-state index is 0.0878. The zero-order chi connectivity index (χ0) is 24.2. The molecule has 1 aliphatic carbocycles. The van der Waals surface area contributed by atoms with Crippen LogP contribution in [0.15, 0.2) is 30.6 Å². The van der Waals surface area contributed by atoms with E-state index in [1.165, 1.54) is 30.5 Å². The summed E-state index contributed by atoms with van der Waals surface area (Å²) in [7, 11) is 1.31. The van der Waals surface area contributed by atoms with Gasteiger partial charge in [-0.3, -0.25) is 4.90 Å². The number of carbonyl (C=O) groups excluding carboxylic acids is 2. The zero-order valence-electron chi connectivity index (χ0n) is 20.0. The molecule has 9 heteroatoms. The fourth-order valence-corrected chi connectivity index (χ4v) is 2.97. The molecule has 0 radical (unpaired) electrons. The Morgan fingerprint density at radius 1 is 1.09 bits per heavy atom. The van der Waals surface area contributed by atoms with E-state index in [2.05, 4.69) is 9.97 Å². The Morgan fingerprint density at radius 3 is 2.33 bits per heavy atom. The number of benzene rings is 1. The minimum Gasteiger partial charge on any atom is -0.491 e. The third kappa shape index (κ3) is 7.34. The summed E-state index contributed by atoms with van der Waals surface area (Å²) in [6.07, 6.45) is 4.50. The molecule has 2 aromatic rings. The van der Waals surface area contributed by atoms with Gasteiger partial charge in [0.15, 0.2) is 5.82 Å². The normalized spacial score (nSPS) is 13.4. The molecule has 0 spiro atoms. The summed E-state index contributed by atoms with van der Waals surface area (Å²) < 4.78 is 21.9. The predicted molar refractivity (Wildman–Crippen MR) is 122 cm³/mol. The molecule has 0 aliphatic heterocycles. The van der Waals surface area contributed by atoms with E-state index in [-0.39, 0.29) is 17.5 Å². The smallest absolute Gasteiger partial charge is 0.416 e. The Hall–Kier alpha value is -3.36. The summed E-state index contributed by atoms with van der Waals surface area (Å²) in [5, 5.41) is 0. The van der Waals surface area contributed by atoms with E-state index in [1.54, 1.807) is 12.1 Å². The molecular weight excluding hydrogens is 426 g/mol. The summed E-state index contributed by atoms with van der Waals surface area (Å²) in [6, 6.07) is 4.78. The highest BCUT2D eigenvalue weighted by Gasteiger charge is 2.31. The van der Waals surface area contributed by atoms with Crippen LogP contribution in [-0.4, -0.2) is 47.4 Å². The summed E-state index contributed by atoms with van der Waals surface area (Å²) >= 11 is 0. The maximum atomic E-state index is 12.7. The Balaban J connectivity index is 1.80. The molecule has 9 nitrogen and oxygen atoms in total. The summed E-state index contributed by atoms with van der Waals surface area (Å²) in [4.78, 5) is 34.9. The molecule has 0 saturated heterocycles. The number of hydrogen-bond acceptors (Lipinski definition) is 8. The van der Waals surface area contributed by atoms with E-state index < -0.39 is 17.7 Å². The van der Waals surface area contributed by atoms with Gasteiger partial charge >= 0.3 is 12.1 Å². The minimum atomic E-state index is -0.615. The zero-order valence-corrected chi connectivity index (χ0v) is 20.0. The molecule has 0 N–H and O–H groups in total. The van der Waals surface area contributed by atoms with Crippen molar-refractivity contribution in [2.75, 3.05) is 18.6 Å². The van der Waals surface area contributed by atoms with E-state index in [9.17, 15) is 9.59 Å². The average Bonchev–Trinajstić information content (AvgIpc) is 3.54. The van der Waals surface area contributed by atoms with Gasteiger partial charge in [-0.25, -0.2) is 19.6 Å². The second-order valence-corrected chi connectivity index (χ2v) is 9.20. The molecule has 1 amide bonds. The Morgan fingerprint density at radius 2 is 1.79 bits per heavy atom. The van der Waals surface area contributed by atoms with Crippen molar-refractivity contribution in [3.63, 3.8) is 0 Å². The van der Waals surface area contributed by atoms with Crippen LogP contribution in [0, 0.1) is 5.92 Å². The first-order valence-corrected chi connectivity index (χ1v) is 10.9. The SMILES string of the molecule is COC(=O)c1cc(Oc2cnc(N(CC3CC3)C(=O)OC(C)(C)C)cn2)cc(OC(C)C)c1. The van der Waals surface area contributed by atoms with Gasteiger partial charge in [-0.1, -0.05) is 0 Å². The van der Waals surface area contributed by atoms with Gasteiger partial charge in [0.2, 0.25) is 5.88 Å². The summed E-state index contributed by atoms with van der Waals surface area (Å²) in [5.74, 6) is 1.33. The third-order valence-electron chi connectivity index (χ3n) is 4.54. The molecular formula is C24H31N3O6. The van der Waals surface area contributed by atoms with Gasteiger partial charge in [0.25, 0.3) is 0 Å². The van der Waals surface area contributed by atoms with E-state index in [4.69, 9.17) is 18.9 Å². The number of rotatable bonds is 8. The first kappa shape index (κ1) is 24.3. The van der Waals surface area contributed by atoms with Crippen LogP contribution < -0.4 is 14.4 Å². The average molecular weight is 458 g/mol. The number of anilines is 1. The monoisotopic (exact) mass is 457 g/mol. The first-order chi connectivity index (χ1) is 15.5. The van der Waals surface area contributed by atoms with Gasteiger partial charge in [0.05, 0.1) is 31.2 Å². The van der Waals surface area contributed by atoms with Crippen molar-refractivity contribution in [3.8, 4) is 17.4 Å². The van der Waals surface area contributed by atoms with Crippen LogP contribution in [0.5, 0.6) is 17.4 Å². The number of ether oxygens (including phenoxy) is 4. The van der Waals surface area contributed by atoms with Crippen molar-refractivity contribution in [3.05, 3.63) is 36.2 Å². The number of esters is 1. The van der Waals surface area contributed by atoms with Gasteiger partial charge in [0, 0.05) is 12.6 Å². The fraction of sp³-hybridized carbons (Fsp3) is 0.500. The molecule has 1 fully saturated rings. The van der Waals surface area contributed by atoms with Gasteiger partial charge in [-0.05, 0) is 65.5 Å².